The number of dihydropyridines is 1. The summed E-state index contributed by atoms with van der Waals surface area (Å²) < 4.78 is 15.7. The van der Waals surface area contributed by atoms with E-state index in [2.05, 4.69) is 5.32 Å². The lowest BCUT2D eigenvalue weighted by Crippen LogP contribution is -2.32. The molecular formula is C24H28N2O7. The first-order chi connectivity index (χ1) is 15.8. The summed E-state index contributed by atoms with van der Waals surface area (Å²) in [6, 6.07) is 5.83. The standard InChI is InChI=1S/C24H28N2O7/c1-5-6-7-8-12-32-23(27)20-16(2)25-17(3)21(24(28)33-14-13-31-4)22(20)18-10-9-11-19(15-18)26(29)30/h5-11,15,22,25H,12-14H2,1-4H3/b6-5+,8-7+. The molecule has 0 bridgehead atoms. The van der Waals surface area contributed by atoms with Crippen LogP contribution in [0.25, 0.3) is 0 Å². The first kappa shape index (κ1) is 25.5. The van der Waals surface area contributed by atoms with E-state index in [-0.39, 0.29) is 36.7 Å². The number of methoxy groups -OCH3 is 1. The maximum absolute atomic E-state index is 13.1. The number of hydrogen-bond donors (Lipinski definition) is 1. The van der Waals surface area contributed by atoms with Crippen molar-refractivity contribution < 1.29 is 28.7 Å². The number of nitro groups is 1. The van der Waals surface area contributed by atoms with Crippen LogP contribution in [0, 0.1) is 10.1 Å². The van der Waals surface area contributed by atoms with Gasteiger partial charge in [0.1, 0.15) is 13.2 Å². The number of nitrogens with one attached hydrogen (secondary N) is 1. The number of nitro benzene ring substituents is 1. The van der Waals surface area contributed by atoms with Crippen LogP contribution in [0.4, 0.5) is 5.69 Å². The lowest BCUT2D eigenvalue weighted by Gasteiger charge is -2.30. The van der Waals surface area contributed by atoms with Crippen LogP contribution in [-0.2, 0) is 23.8 Å². The van der Waals surface area contributed by atoms with E-state index in [9.17, 15) is 19.7 Å². The van der Waals surface area contributed by atoms with Crippen molar-refractivity contribution in [2.75, 3.05) is 26.9 Å². The van der Waals surface area contributed by atoms with Gasteiger partial charge in [0.2, 0.25) is 0 Å². The van der Waals surface area contributed by atoms with Gasteiger partial charge in [0.05, 0.1) is 28.6 Å². The SMILES string of the molecule is C/C=C/C=C/COC(=O)C1=C(C)NC(C)=C(C(=O)OCCOC)C1c1cccc([N+](=O)[O-])c1. The first-order valence-electron chi connectivity index (χ1n) is 10.4. The highest BCUT2D eigenvalue weighted by atomic mass is 16.6. The first-order valence-corrected chi connectivity index (χ1v) is 10.4. The molecule has 0 aromatic heterocycles. The Labute approximate surface area is 192 Å². The van der Waals surface area contributed by atoms with Crippen molar-refractivity contribution in [3.05, 3.63) is 86.8 Å². The normalized spacial score (nSPS) is 16.3. The second-order valence-corrected chi connectivity index (χ2v) is 7.17. The number of rotatable bonds is 10. The van der Waals surface area contributed by atoms with Crippen LogP contribution in [0.1, 0.15) is 32.3 Å². The number of hydrogen-bond acceptors (Lipinski definition) is 8. The molecule has 33 heavy (non-hydrogen) atoms. The third-order valence-corrected chi connectivity index (χ3v) is 4.89. The van der Waals surface area contributed by atoms with E-state index in [1.54, 1.807) is 38.1 Å². The van der Waals surface area contributed by atoms with Crippen molar-refractivity contribution in [3.8, 4) is 0 Å². The lowest BCUT2D eigenvalue weighted by atomic mass is 9.80. The zero-order valence-electron chi connectivity index (χ0n) is 19.1. The van der Waals surface area contributed by atoms with Crippen molar-refractivity contribution in [1.29, 1.82) is 0 Å². The minimum Gasteiger partial charge on any atom is -0.460 e. The minimum absolute atomic E-state index is 0.0198. The molecule has 0 saturated carbocycles. The smallest absolute Gasteiger partial charge is 0.337 e. The summed E-state index contributed by atoms with van der Waals surface area (Å²) in [5.74, 6) is -2.20. The van der Waals surface area contributed by atoms with E-state index < -0.39 is 22.8 Å². The summed E-state index contributed by atoms with van der Waals surface area (Å²) in [4.78, 5) is 36.9. The summed E-state index contributed by atoms with van der Waals surface area (Å²) >= 11 is 0. The molecular weight excluding hydrogens is 428 g/mol. The van der Waals surface area contributed by atoms with Crippen LogP contribution in [0.3, 0.4) is 0 Å². The Balaban J connectivity index is 2.50. The second-order valence-electron chi connectivity index (χ2n) is 7.17. The van der Waals surface area contributed by atoms with Gasteiger partial charge in [-0.15, -0.1) is 0 Å². The van der Waals surface area contributed by atoms with Gasteiger partial charge >= 0.3 is 11.9 Å². The van der Waals surface area contributed by atoms with E-state index in [0.717, 1.165) is 0 Å². The van der Waals surface area contributed by atoms with Gasteiger partial charge in [0, 0.05) is 30.6 Å². The molecule has 0 saturated heterocycles. The van der Waals surface area contributed by atoms with E-state index in [1.807, 2.05) is 13.0 Å². The van der Waals surface area contributed by atoms with Crippen LogP contribution in [0.5, 0.6) is 0 Å². The summed E-state index contributed by atoms with van der Waals surface area (Å²) in [5, 5.41) is 14.4. The van der Waals surface area contributed by atoms with Crippen molar-refractivity contribution in [2.24, 2.45) is 0 Å². The summed E-state index contributed by atoms with van der Waals surface area (Å²) in [6.45, 7) is 5.48. The zero-order valence-corrected chi connectivity index (χ0v) is 19.1. The molecule has 9 nitrogen and oxygen atoms in total. The minimum atomic E-state index is -0.909. The van der Waals surface area contributed by atoms with E-state index >= 15 is 0 Å². The quantitative estimate of drug-likeness (QED) is 0.186. The predicted molar refractivity (Wildman–Crippen MR) is 122 cm³/mol. The fourth-order valence-corrected chi connectivity index (χ4v) is 3.43. The van der Waals surface area contributed by atoms with E-state index in [0.29, 0.717) is 17.0 Å². The molecule has 0 radical (unpaired) electrons. The molecule has 0 aliphatic carbocycles. The molecule has 1 aromatic rings. The van der Waals surface area contributed by atoms with Crippen LogP contribution < -0.4 is 5.32 Å². The van der Waals surface area contributed by atoms with Gasteiger partial charge in [-0.2, -0.15) is 0 Å². The van der Waals surface area contributed by atoms with Gasteiger partial charge in [0.15, 0.2) is 0 Å². The molecule has 1 heterocycles. The summed E-state index contributed by atoms with van der Waals surface area (Å²) in [5.41, 5.74) is 1.57. The number of ether oxygens (including phenoxy) is 3. The number of carbonyl (C=O) groups is 2. The molecule has 1 atom stereocenters. The average molecular weight is 456 g/mol. The van der Waals surface area contributed by atoms with E-state index in [1.165, 1.54) is 25.3 Å². The highest BCUT2D eigenvalue weighted by molar-refractivity contribution is 6.00. The van der Waals surface area contributed by atoms with Gasteiger partial charge in [-0.05, 0) is 32.4 Å². The van der Waals surface area contributed by atoms with E-state index in [4.69, 9.17) is 14.2 Å². The molecule has 0 fully saturated rings. The molecule has 1 aliphatic heterocycles. The largest absolute Gasteiger partial charge is 0.460 e. The van der Waals surface area contributed by atoms with Gasteiger partial charge in [-0.25, -0.2) is 9.59 Å². The Morgan fingerprint density at radius 3 is 2.36 bits per heavy atom. The van der Waals surface area contributed by atoms with Gasteiger partial charge < -0.3 is 19.5 Å². The molecule has 2 rings (SSSR count). The fraction of sp³-hybridized carbons (Fsp3) is 0.333. The van der Waals surface area contributed by atoms with Crippen molar-refractivity contribution >= 4 is 17.6 Å². The average Bonchev–Trinajstić information content (AvgIpc) is 2.78. The van der Waals surface area contributed by atoms with Crippen molar-refractivity contribution in [3.63, 3.8) is 0 Å². The summed E-state index contributed by atoms with van der Waals surface area (Å²) in [7, 11) is 1.48. The third-order valence-electron chi connectivity index (χ3n) is 4.89. The Hall–Kier alpha value is -3.72. The lowest BCUT2D eigenvalue weighted by molar-refractivity contribution is -0.384. The van der Waals surface area contributed by atoms with Crippen LogP contribution in [0.2, 0.25) is 0 Å². The molecule has 1 unspecified atom stereocenters. The monoisotopic (exact) mass is 456 g/mol. The maximum Gasteiger partial charge on any atom is 0.337 e. The third kappa shape index (κ3) is 6.63. The molecule has 1 aromatic carbocycles. The van der Waals surface area contributed by atoms with Gasteiger partial charge in [0.25, 0.3) is 5.69 Å². The number of benzene rings is 1. The fourth-order valence-electron chi connectivity index (χ4n) is 3.43. The molecule has 176 valence electrons. The zero-order chi connectivity index (χ0) is 24.4. The van der Waals surface area contributed by atoms with Crippen molar-refractivity contribution in [2.45, 2.75) is 26.7 Å². The molecule has 9 heteroatoms. The van der Waals surface area contributed by atoms with Gasteiger partial charge in [-0.1, -0.05) is 30.4 Å². The summed E-state index contributed by atoms with van der Waals surface area (Å²) in [6.07, 6.45) is 7.05. The number of allylic oxidation sites excluding steroid dienone is 5. The number of non-ortho nitro benzene ring substituents is 1. The number of esters is 2. The van der Waals surface area contributed by atoms with Crippen LogP contribution >= 0.6 is 0 Å². The predicted octanol–water partition coefficient (Wildman–Crippen LogP) is 3.69. The molecule has 1 N–H and O–H groups in total. The van der Waals surface area contributed by atoms with Crippen molar-refractivity contribution in [1.82, 2.24) is 5.32 Å². The molecule has 0 spiro atoms. The Bertz CT molecular complexity index is 1020. The highest BCUT2D eigenvalue weighted by Gasteiger charge is 2.38. The highest BCUT2D eigenvalue weighted by Crippen LogP contribution is 2.40. The Morgan fingerprint density at radius 1 is 1.09 bits per heavy atom. The maximum atomic E-state index is 13.1. The number of nitrogens with zero attached hydrogens (tertiary/aromatic N) is 1. The van der Waals surface area contributed by atoms with Gasteiger partial charge in [-0.3, -0.25) is 10.1 Å². The molecule has 1 aliphatic rings. The van der Waals surface area contributed by atoms with Crippen LogP contribution in [-0.4, -0.2) is 43.8 Å². The molecule has 0 amide bonds. The Kier molecular flexibility index (Phi) is 9.56. The van der Waals surface area contributed by atoms with Crippen LogP contribution in [0.15, 0.2) is 71.1 Å². The Morgan fingerprint density at radius 2 is 1.76 bits per heavy atom. The topological polar surface area (TPSA) is 117 Å². The second kappa shape index (κ2) is 12.4. The number of carbonyl (C=O) groups excluding carboxylic acids is 2.